The van der Waals surface area contributed by atoms with E-state index in [1.807, 2.05) is 22.4 Å². The summed E-state index contributed by atoms with van der Waals surface area (Å²) in [6.45, 7) is 3.25. The van der Waals surface area contributed by atoms with Crippen molar-refractivity contribution in [3.63, 3.8) is 0 Å². The standard InChI is InChI=1S/C19H20N4O4S/c1-2-3-11-22(19(24)16-5-4-13-28-16)12-10-17-20-18(21-27-17)14-6-8-15(9-7-14)23(25)26/h4-9,13H,2-3,10-12H2,1H3. The summed E-state index contributed by atoms with van der Waals surface area (Å²) < 4.78 is 5.29. The molecule has 1 amide bonds. The molecule has 146 valence electrons. The molecule has 0 bridgehead atoms. The molecule has 3 aromatic rings. The Kier molecular flexibility index (Phi) is 6.49. The molecule has 0 atom stereocenters. The normalized spacial score (nSPS) is 10.8. The molecule has 2 heterocycles. The van der Waals surface area contributed by atoms with E-state index in [1.165, 1.54) is 23.5 Å². The number of carbonyl (C=O) groups is 1. The Bertz CT molecular complexity index is 922. The van der Waals surface area contributed by atoms with E-state index in [9.17, 15) is 14.9 Å². The summed E-state index contributed by atoms with van der Waals surface area (Å²) in [4.78, 5) is 29.8. The summed E-state index contributed by atoms with van der Waals surface area (Å²) in [5.41, 5.74) is 0.643. The summed E-state index contributed by atoms with van der Waals surface area (Å²) in [6.07, 6.45) is 2.37. The maximum absolute atomic E-state index is 12.7. The van der Waals surface area contributed by atoms with E-state index in [4.69, 9.17) is 4.52 Å². The van der Waals surface area contributed by atoms with Crippen molar-refractivity contribution in [1.29, 1.82) is 0 Å². The van der Waals surface area contributed by atoms with Gasteiger partial charge in [0.25, 0.3) is 11.6 Å². The summed E-state index contributed by atoms with van der Waals surface area (Å²) in [5, 5.41) is 16.6. The van der Waals surface area contributed by atoms with Gasteiger partial charge < -0.3 is 9.42 Å². The first-order valence-electron chi connectivity index (χ1n) is 8.98. The van der Waals surface area contributed by atoms with Gasteiger partial charge in [-0.3, -0.25) is 14.9 Å². The van der Waals surface area contributed by atoms with E-state index in [-0.39, 0.29) is 11.6 Å². The van der Waals surface area contributed by atoms with E-state index in [2.05, 4.69) is 17.1 Å². The van der Waals surface area contributed by atoms with Crippen molar-refractivity contribution in [1.82, 2.24) is 15.0 Å². The lowest BCUT2D eigenvalue weighted by molar-refractivity contribution is -0.384. The number of rotatable bonds is 9. The lowest BCUT2D eigenvalue weighted by atomic mass is 10.2. The number of unbranched alkanes of at least 4 members (excludes halogenated alkanes) is 1. The monoisotopic (exact) mass is 400 g/mol. The van der Waals surface area contributed by atoms with Crippen LogP contribution in [0.5, 0.6) is 0 Å². The van der Waals surface area contributed by atoms with Crippen LogP contribution in [0.25, 0.3) is 11.4 Å². The summed E-state index contributed by atoms with van der Waals surface area (Å²) in [6, 6.07) is 9.66. The maximum atomic E-state index is 12.7. The van der Waals surface area contributed by atoms with E-state index < -0.39 is 4.92 Å². The van der Waals surface area contributed by atoms with Gasteiger partial charge in [-0.25, -0.2) is 0 Å². The maximum Gasteiger partial charge on any atom is 0.269 e. The number of nitrogens with zero attached hydrogens (tertiary/aromatic N) is 4. The van der Waals surface area contributed by atoms with Gasteiger partial charge >= 0.3 is 0 Å². The van der Waals surface area contributed by atoms with Crippen molar-refractivity contribution in [3.8, 4) is 11.4 Å². The van der Waals surface area contributed by atoms with Gasteiger partial charge in [0, 0.05) is 37.2 Å². The third kappa shape index (κ3) is 4.80. The van der Waals surface area contributed by atoms with Crippen LogP contribution in [-0.4, -0.2) is 39.0 Å². The first kappa shape index (κ1) is 19.7. The molecular formula is C19H20N4O4S. The third-order valence-electron chi connectivity index (χ3n) is 4.20. The van der Waals surface area contributed by atoms with Crippen molar-refractivity contribution in [2.24, 2.45) is 0 Å². The number of non-ortho nitro benzene ring substituents is 1. The fraction of sp³-hybridized carbons (Fsp3) is 0.316. The Hall–Kier alpha value is -3.07. The minimum atomic E-state index is -0.457. The fourth-order valence-corrected chi connectivity index (χ4v) is 3.35. The van der Waals surface area contributed by atoms with E-state index in [0.29, 0.717) is 41.7 Å². The quantitative estimate of drug-likeness (QED) is 0.394. The first-order valence-corrected chi connectivity index (χ1v) is 9.86. The highest BCUT2D eigenvalue weighted by Crippen LogP contribution is 2.20. The lowest BCUT2D eigenvalue weighted by Gasteiger charge is -2.21. The van der Waals surface area contributed by atoms with Crippen LogP contribution in [0, 0.1) is 10.1 Å². The summed E-state index contributed by atoms with van der Waals surface area (Å²) >= 11 is 1.43. The zero-order chi connectivity index (χ0) is 19.9. The van der Waals surface area contributed by atoms with Crippen LogP contribution >= 0.6 is 11.3 Å². The number of benzene rings is 1. The van der Waals surface area contributed by atoms with Crippen molar-refractivity contribution >= 4 is 22.9 Å². The summed E-state index contributed by atoms with van der Waals surface area (Å²) in [7, 11) is 0. The van der Waals surface area contributed by atoms with Gasteiger partial charge in [-0.05, 0) is 30.0 Å². The second kappa shape index (κ2) is 9.23. The Morgan fingerprint density at radius 3 is 2.68 bits per heavy atom. The molecule has 28 heavy (non-hydrogen) atoms. The Labute approximate surface area is 165 Å². The number of nitro benzene ring substituents is 1. The topological polar surface area (TPSA) is 102 Å². The Morgan fingerprint density at radius 1 is 1.25 bits per heavy atom. The number of hydrogen-bond donors (Lipinski definition) is 0. The molecule has 9 heteroatoms. The largest absolute Gasteiger partial charge is 0.339 e. The van der Waals surface area contributed by atoms with Crippen LogP contribution in [0.3, 0.4) is 0 Å². The third-order valence-corrected chi connectivity index (χ3v) is 5.06. The van der Waals surface area contributed by atoms with Crippen LogP contribution in [0.15, 0.2) is 46.3 Å². The predicted molar refractivity (Wildman–Crippen MR) is 105 cm³/mol. The number of thiophene rings is 1. The van der Waals surface area contributed by atoms with Crippen molar-refractivity contribution < 1.29 is 14.2 Å². The molecule has 0 fully saturated rings. The summed E-state index contributed by atoms with van der Waals surface area (Å²) in [5.74, 6) is 0.807. The van der Waals surface area contributed by atoms with Gasteiger partial charge in [0.1, 0.15) is 0 Å². The van der Waals surface area contributed by atoms with Crippen LogP contribution < -0.4 is 0 Å². The predicted octanol–water partition coefficient (Wildman–Crippen LogP) is 4.19. The molecule has 0 unspecified atom stereocenters. The van der Waals surface area contributed by atoms with Gasteiger partial charge in [0.05, 0.1) is 9.80 Å². The SMILES string of the molecule is CCCCN(CCc1nc(-c2ccc([N+](=O)[O-])cc2)no1)C(=O)c1cccs1. The number of hydrogen-bond acceptors (Lipinski definition) is 7. The Balaban J connectivity index is 1.65. The number of nitro groups is 1. The van der Waals surface area contributed by atoms with Crippen LogP contribution in [-0.2, 0) is 6.42 Å². The van der Waals surface area contributed by atoms with Gasteiger partial charge in [0.15, 0.2) is 0 Å². The van der Waals surface area contributed by atoms with Gasteiger partial charge in [-0.1, -0.05) is 24.6 Å². The van der Waals surface area contributed by atoms with E-state index in [0.717, 1.165) is 12.8 Å². The lowest BCUT2D eigenvalue weighted by Crippen LogP contribution is -2.33. The highest BCUT2D eigenvalue weighted by Gasteiger charge is 2.18. The molecule has 1 aromatic carbocycles. The highest BCUT2D eigenvalue weighted by atomic mass is 32.1. The van der Waals surface area contributed by atoms with Crippen molar-refractivity contribution in [2.75, 3.05) is 13.1 Å². The van der Waals surface area contributed by atoms with Gasteiger partial charge in [-0.2, -0.15) is 4.98 Å². The number of aromatic nitrogens is 2. The zero-order valence-corrected chi connectivity index (χ0v) is 16.2. The van der Waals surface area contributed by atoms with Crippen LogP contribution in [0.4, 0.5) is 5.69 Å². The first-order chi connectivity index (χ1) is 13.6. The number of amides is 1. The molecule has 2 aromatic heterocycles. The molecule has 0 aliphatic carbocycles. The average Bonchev–Trinajstić information content (AvgIpc) is 3.40. The van der Waals surface area contributed by atoms with Crippen molar-refractivity contribution in [2.45, 2.75) is 26.2 Å². The molecule has 0 saturated carbocycles. The second-order valence-electron chi connectivity index (χ2n) is 6.19. The molecule has 0 radical (unpaired) electrons. The highest BCUT2D eigenvalue weighted by molar-refractivity contribution is 7.12. The average molecular weight is 400 g/mol. The molecule has 0 N–H and O–H groups in total. The molecule has 0 saturated heterocycles. The molecule has 3 rings (SSSR count). The Morgan fingerprint density at radius 2 is 2.04 bits per heavy atom. The van der Waals surface area contributed by atoms with E-state index >= 15 is 0 Å². The minimum Gasteiger partial charge on any atom is -0.339 e. The molecule has 8 nitrogen and oxygen atoms in total. The smallest absolute Gasteiger partial charge is 0.269 e. The van der Waals surface area contributed by atoms with Gasteiger partial charge in [-0.15, -0.1) is 11.3 Å². The molecule has 0 aliphatic heterocycles. The van der Waals surface area contributed by atoms with Gasteiger partial charge in [0.2, 0.25) is 11.7 Å². The zero-order valence-electron chi connectivity index (χ0n) is 15.4. The van der Waals surface area contributed by atoms with Crippen LogP contribution in [0.1, 0.15) is 35.3 Å². The minimum absolute atomic E-state index is 0.00567. The number of carbonyl (C=O) groups excluding carboxylic acids is 1. The van der Waals surface area contributed by atoms with Crippen LogP contribution in [0.2, 0.25) is 0 Å². The molecule has 0 spiro atoms. The second-order valence-corrected chi connectivity index (χ2v) is 7.14. The van der Waals surface area contributed by atoms with E-state index in [1.54, 1.807) is 12.1 Å². The molecule has 0 aliphatic rings. The van der Waals surface area contributed by atoms with Crippen molar-refractivity contribution in [3.05, 3.63) is 62.7 Å². The fourth-order valence-electron chi connectivity index (χ4n) is 2.66. The molecular weight excluding hydrogens is 380 g/mol.